The van der Waals surface area contributed by atoms with Crippen LogP contribution in [0.2, 0.25) is 0 Å². The molecule has 258 valence electrons. The summed E-state index contributed by atoms with van der Waals surface area (Å²) in [6, 6.07) is 39.9. The number of sulfonamides is 1. The molecule has 5 aromatic rings. The second kappa shape index (κ2) is 17.1. The van der Waals surface area contributed by atoms with Gasteiger partial charge in [0.15, 0.2) is 0 Å². The molecule has 10 heteroatoms. The number of carbonyl (C=O) groups excluding carboxylic acids is 2. The number of nitrogens with zero attached hydrogens (tertiary/aromatic N) is 2. The summed E-state index contributed by atoms with van der Waals surface area (Å²) in [6.07, 6.45) is 0.238. The first-order chi connectivity index (χ1) is 24.1. The molecule has 0 radical (unpaired) electrons. The van der Waals surface area contributed by atoms with Gasteiger partial charge in [-0.3, -0.25) is 13.9 Å². The average molecular weight is 755 g/mol. The van der Waals surface area contributed by atoms with Crippen LogP contribution < -0.4 is 14.4 Å². The van der Waals surface area contributed by atoms with Crippen molar-refractivity contribution in [3.8, 4) is 11.5 Å². The van der Waals surface area contributed by atoms with Crippen molar-refractivity contribution in [2.45, 2.75) is 37.8 Å². The van der Waals surface area contributed by atoms with E-state index < -0.39 is 28.5 Å². The maximum absolute atomic E-state index is 14.7. The Morgan fingerprint density at radius 3 is 1.94 bits per heavy atom. The molecule has 0 bridgehead atoms. The standard InChI is InChI=1S/C40H40BrN3O5S/c1-30(2)27-42-40(46)38(26-31-13-6-3-7-14-31)43(28-32-15-12-16-33(41)25-32)39(45)29-44(50(47,48)37-19-10-5-11-20-37)34-21-23-36(24-22-34)49-35-17-8-4-9-18-35/h3-25,30,38H,26-29H2,1-2H3,(H,42,46). The Hall–Kier alpha value is -4.93. The van der Waals surface area contributed by atoms with Crippen LogP contribution in [-0.2, 0) is 32.6 Å². The lowest BCUT2D eigenvalue weighted by atomic mass is 10.0. The quantitative estimate of drug-likeness (QED) is 0.118. The molecule has 0 fully saturated rings. The molecule has 5 rings (SSSR count). The van der Waals surface area contributed by atoms with Crippen LogP contribution in [0.1, 0.15) is 25.0 Å². The molecule has 1 atom stereocenters. The molecule has 0 heterocycles. The van der Waals surface area contributed by atoms with E-state index in [0.29, 0.717) is 18.0 Å². The summed E-state index contributed by atoms with van der Waals surface area (Å²) in [6.45, 7) is 3.95. The number of ether oxygens (including phenoxy) is 1. The van der Waals surface area contributed by atoms with Crippen LogP contribution in [0.3, 0.4) is 0 Å². The van der Waals surface area contributed by atoms with E-state index in [1.54, 1.807) is 42.5 Å². The van der Waals surface area contributed by atoms with Crippen LogP contribution in [0.25, 0.3) is 0 Å². The highest BCUT2D eigenvalue weighted by molar-refractivity contribution is 9.10. The van der Waals surface area contributed by atoms with Crippen molar-refractivity contribution in [3.05, 3.63) is 155 Å². The van der Waals surface area contributed by atoms with Gasteiger partial charge in [-0.1, -0.05) is 109 Å². The van der Waals surface area contributed by atoms with Gasteiger partial charge >= 0.3 is 0 Å². The van der Waals surface area contributed by atoms with Crippen LogP contribution >= 0.6 is 15.9 Å². The fourth-order valence-electron chi connectivity index (χ4n) is 5.36. The predicted octanol–water partition coefficient (Wildman–Crippen LogP) is 7.85. The third-order valence-corrected chi connectivity index (χ3v) is 10.2. The molecule has 0 saturated carbocycles. The topological polar surface area (TPSA) is 96.0 Å². The Labute approximate surface area is 302 Å². The van der Waals surface area contributed by atoms with Gasteiger partial charge in [0.1, 0.15) is 24.1 Å². The zero-order valence-corrected chi connectivity index (χ0v) is 30.4. The largest absolute Gasteiger partial charge is 0.457 e. The lowest BCUT2D eigenvalue weighted by Gasteiger charge is -2.34. The number of anilines is 1. The number of rotatable bonds is 15. The Morgan fingerprint density at radius 2 is 1.32 bits per heavy atom. The molecule has 0 aliphatic carbocycles. The van der Waals surface area contributed by atoms with E-state index >= 15 is 0 Å². The molecule has 1 N–H and O–H groups in total. The van der Waals surface area contributed by atoms with E-state index in [1.165, 1.54) is 17.0 Å². The zero-order chi connectivity index (χ0) is 35.5. The second-order valence-corrected chi connectivity index (χ2v) is 15.0. The van der Waals surface area contributed by atoms with Crippen molar-refractivity contribution in [1.82, 2.24) is 10.2 Å². The highest BCUT2D eigenvalue weighted by atomic mass is 79.9. The summed E-state index contributed by atoms with van der Waals surface area (Å²) in [5.74, 6) is 0.475. The minimum Gasteiger partial charge on any atom is -0.457 e. The fourth-order valence-corrected chi connectivity index (χ4v) is 7.24. The van der Waals surface area contributed by atoms with E-state index in [9.17, 15) is 18.0 Å². The summed E-state index contributed by atoms with van der Waals surface area (Å²) in [4.78, 5) is 30.2. The van der Waals surface area contributed by atoms with Crippen molar-refractivity contribution < 1.29 is 22.7 Å². The monoisotopic (exact) mass is 753 g/mol. The molecule has 0 saturated heterocycles. The number of para-hydroxylation sites is 1. The number of halogens is 1. The molecule has 0 aliphatic rings. The molecule has 1 unspecified atom stereocenters. The molecule has 0 aromatic heterocycles. The van der Waals surface area contributed by atoms with Gasteiger partial charge in [0.25, 0.3) is 10.0 Å². The Bertz CT molecular complexity index is 1960. The number of nitrogens with one attached hydrogen (secondary N) is 1. The second-order valence-electron chi connectivity index (χ2n) is 12.2. The molecule has 0 spiro atoms. The van der Waals surface area contributed by atoms with E-state index in [4.69, 9.17) is 4.74 Å². The van der Waals surface area contributed by atoms with Crippen molar-refractivity contribution in [2.75, 3.05) is 17.4 Å². The van der Waals surface area contributed by atoms with Gasteiger partial charge in [0.05, 0.1) is 10.6 Å². The van der Waals surface area contributed by atoms with E-state index in [0.717, 1.165) is 19.9 Å². The molecular formula is C40H40BrN3O5S. The van der Waals surface area contributed by atoms with Crippen molar-refractivity contribution >= 4 is 43.5 Å². The van der Waals surface area contributed by atoms with E-state index in [2.05, 4.69) is 21.2 Å². The first-order valence-electron chi connectivity index (χ1n) is 16.4. The van der Waals surface area contributed by atoms with Gasteiger partial charge in [-0.15, -0.1) is 0 Å². The summed E-state index contributed by atoms with van der Waals surface area (Å²) in [5, 5.41) is 3.01. The number of carbonyl (C=O) groups is 2. The van der Waals surface area contributed by atoms with Crippen molar-refractivity contribution in [1.29, 1.82) is 0 Å². The van der Waals surface area contributed by atoms with Crippen LogP contribution in [-0.4, -0.2) is 44.3 Å². The SMILES string of the molecule is CC(C)CNC(=O)C(Cc1ccccc1)N(Cc1cccc(Br)c1)C(=O)CN(c1ccc(Oc2ccccc2)cc1)S(=O)(=O)c1ccccc1. The summed E-state index contributed by atoms with van der Waals surface area (Å²) < 4.78 is 36.4. The van der Waals surface area contributed by atoms with Gasteiger partial charge in [0, 0.05) is 24.0 Å². The Kier molecular flexibility index (Phi) is 12.5. The number of hydrogen-bond acceptors (Lipinski definition) is 5. The normalized spacial score (nSPS) is 11.8. The van der Waals surface area contributed by atoms with Crippen molar-refractivity contribution in [3.63, 3.8) is 0 Å². The van der Waals surface area contributed by atoms with Gasteiger partial charge in [-0.25, -0.2) is 8.42 Å². The first-order valence-corrected chi connectivity index (χ1v) is 18.6. The lowest BCUT2D eigenvalue weighted by Crippen LogP contribution is -2.53. The third kappa shape index (κ3) is 9.83. The molecule has 5 aromatic carbocycles. The third-order valence-electron chi connectivity index (χ3n) is 7.91. The summed E-state index contributed by atoms with van der Waals surface area (Å²) in [5.41, 5.74) is 1.92. The lowest BCUT2D eigenvalue weighted by molar-refractivity contribution is -0.140. The number of amides is 2. The van der Waals surface area contributed by atoms with Gasteiger partial charge in [0.2, 0.25) is 11.8 Å². The summed E-state index contributed by atoms with van der Waals surface area (Å²) >= 11 is 3.52. The molecule has 8 nitrogen and oxygen atoms in total. The smallest absolute Gasteiger partial charge is 0.264 e. The van der Waals surface area contributed by atoms with Gasteiger partial charge in [-0.2, -0.15) is 0 Å². The van der Waals surface area contributed by atoms with Crippen LogP contribution in [0.15, 0.2) is 149 Å². The van der Waals surface area contributed by atoms with Crippen molar-refractivity contribution in [2.24, 2.45) is 5.92 Å². The van der Waals surface area contributed by atoms with Crippen LogP contribution in [0, 0.1) is 5.92 Å². The molecular weight excluding hydrogens is 714 g/mol. The molecule has 50 heavy (non-hydrogen) atoms. The predicted molar refractivity (Wildman–Crippen MR) is 200 cm³/mol. The van der Waals surface area contributed by atoms with E-state index in [1.807, 2.05) is 98.8 Å². The summed E-state index contributed by atoms with van der Waals surface area (Å²) in [7, 11) is -4.22. The first kappa shape index (κ1) is 36.4. The van der Waals surface area contributed by atoms with E-state index in [-0.39, 0.29) is 35.4 Å². The minimum atomic E-state index is -4.22. The average Bonchev–Trinajstić information content (AvgIpc) is 3.12. The molecule has 2 amide bonds. The number of hydrogen-bond donors (Lipinski definition) is 1. The van der Waals surface area contributed by atoms with Gasteiger partial charge in [-0.05, 0) is 77.7 Å². The van der Waals surface area contributed by atoms with Gasteiger partial charge < -0.3 is 15.0 Å². The minimum absolute atomic E-state index is 0.0338. The highest BCUT2D eigenvalue weighted by Gasteiger charge is 2.34. The zero-order valence-electron chi connectivity index (χ0n) is 28.0. The highest BCUT2D eigenvalue weighted by Crippen LogP contribution is 2.29. The Morgan fingerprint density at radius 1 is 0.740 bits per heavy atom. The molecule has 0 aliphatic heterocycles. The Balaban J connectivity index is 1.54. The fraction of sp³-hybridized carbons (Fsp3) is 0.200. The maximum atomic E-state index is 14.7. The maximum Gasteiger partial charge on any atom is 0.264 e. The van der Waals surface area contributed by atoms with Crippen LogP contribution in [0.4, 0.5) is 5.69 Å². The van der Waals surface area contributed by atoms with Crippen LogP contribution in [0.5, 0.6) is 11.5 Å². The number of benzene rings is 5.